The van der Waals surface area contributed by atoms with Gasteiger partial charge in [0, 0.05) is 17.7 Å². The van der Waals surface area contributed by atoms with Crippen LogP contribution in [0.1, 0.15) is 53.7 Å². The molecule has 0 unspecified atom stereocenters. The first-order chi connectivity index (χ1) is 12.2. The van der Waals surface area contributed by atoms with Crippen LogP contribution < -0.4 is 0 Å². The van der Waals surface area contributed by atoms with E-state index in [1.165, 1.54) is 0 Å². The molecule has 0 radical (unpaired) electrons. The first-order valence-corrected chi connectivity index (χ1v) is 8.40. The van der Waals surface area contributed by atoms with Gasteiger partial charge in [0.15, 0.2) is 5.69 Å². The van der Waals surface area contributed by atoms with Crippen LogP contribution in [0, 0.1) is 0 Å². The van der Waals surface area contributed by atoms with Gasteiger partial charge in [0.1, 0.15) is 11.9 Å². The molecule has 0 amide bonds. The molecule has 3 aromatic rings. The average molecular weight is 334 g/mol. The van der Waals surface area contributed by atoms with E-state index < -0.39 is 12.1 Å². The van der Waals surface area contributed by atoms with Crippen molar-refractivity contribution in [1.29, 1.82) is 0 Å². The van der Waals surface area contributed by atoms with Crippen molar-refractivity contribution in [3.63, 3.8) is 0 Å². The highest BCUT2D eigenvalue weighted by Gasteiger charge is 2.35. The number of rotatable bonds is 5. The summed E-state index contributed by atoms with van der Waals surface area (Å²) in [6.07, 6.45) is 3.26. The fraction of sp³-hybridized carbons (Fsp3) is 0.250. The molecule has 2 aromatic heterocycles. The molecule has 1 saturated carbocycles. The number of esters is 1. The van der Waals surface area contributed by atoms with Crippen molar-refractivity contribution < 1.29 is 13.9 Å². The lowest BCUT2D eigenvalue weighted by Crippen LogP contribution is -2.12. The number of oxazole rings is 1. The third-order valence-electron chi connectivity index (χ3n) is 4.20. The Bertz CT molecular complexity index is 870. The third kappa shape index (κ3) is 3.31. The quantitative estimate of drug-likeness (QED) is 0.641. The van der Waals surface area contributed by atoms with Crippen molar-refractivity contribution in [2.45, 2.75) is 31.8 Å². The molecule has 4 rings (SSSR count). The first kappa shape index (κ1) is 15.6. The summed E-state index contributed by atoms with van der Waals surface area (Å²) >= 11 is 0. The second kappa shape index (κ2) is 6.51. The molecule has 0 aliphatic heterocycles. The molecular weight excluding hydrogens is 316 g/mol. The van der Waals surface area contributed by atoms with Gasteiger partial charge in [-0.25, -0.2) is 9.78 Å². The summed E-state index contributed by atoms with van der Waals surface area (Å²) in [4.78, 5) is 21.3. The number of nitrogens with zero attached hydrogens (tertiary/aromatic N) is 2. The van der Waals surface area contributed by atoms with Gasteiger partial charge in [-0.1, -0.05) is 24.3 Å². The normalized spacial score (nSPS) is 14.9. The Morgan fingerprint density at radius 1 is 1.16 bits per heavy atom. The predicted octanol–water partition coefficient (Wildman–Crippen LogP) is 4.53. The van der Waals surface area contributed by atoms with Crippen LogP contribution in [-0.2, 0) is 4.74 Å². The minimum Gasteiger partial charge on any atom is -0.451 e. The van der Waals surface area contributed by atoms with E-state index in [1.54, 1.807) is 13.1 Å². The van der Waals surface area contributed by atoms with Gasteiger partial charge < -0.3 is 9.15 Å². The van der Waals surface area contributed by atoms with E-state index in [0.29, 0.717) is 17.3 Å². The van der Waals surface area contributed by atoms with Crippen LogP contribution >= 0.6 is 0 Å². The Balaban J connectivity index is 1.60. The summed E-state index contributed by atoms with van der Waals surface area (Å²) in [6, 6.07) is 15.1. The molecule has 1 atom stereocenters. The molecule has 1 aromatic carbocycles. The highest BCUT2D eigenvalue weighted by atomic mass is 16.5. The van der Waals surface area contributed by atoms with Crippen LogP contribution in [0.25, 0.3) is 11.5 Å². The lowest BCUT2D eigenvalue weighted by atomic mass is 10.2. The van der Waals surface area contributed by atoms with E-state index in [9.17, 15) is 4.79 Å². The largest absolute Gasteiger partial charge is 0.451 e. The van der Waals surface area contributed by atoms with Crippen molar-refractivity contribution >= 4 is 5.97 Å². The topological polar surface area (TPSA) is 65.2 Å². The number of hydrogen-bond donors (Lipinski definition) is 0. The van der Waals surface area contributed by atoms with E-state index >= 15 is 0 Å². The van der Waals surface area contributed by atoms with E-state index in [4.69, 9.17) is 9.15 Å². The molecule has 0 bridgehead atoms. The molecule has 1 fully saturated rings. The van der Waals surface area contributed by atoms with Gasteiger partial charge in [0.05, 0.1) is 5.69 Å². The number of ether oxygens (including phenoxy) is 1. The monoisotopic (exact) mass is 334 g/mol. The molecule has 0 saturated heterocycles. The molecule has 1 aliphatic carbocycles. The Morgan fingerprint density at radius 3 is 2.60 bits per heavy atom. The molecule has 0 N–H and O–H groups in total. The summed E-state index contributed by atoms with van der Waals surface area (Å²) in [6.45, 7) is 1.80. The third-order valence-corrected chi connectivity index (χ3v) is 4.20. The van der Waals surface area contributed by atoms with Gasteiger partial charge in [-0.2, -0.15) is 0 Å². The van der Waals surface area contributed by atoms with Crippen LogP contribution in [0.2, 0.25) is 0 Å². The van der Waals surface area contributed by atoms with Gasteiger partial charge in [0.25, 0.3) is 0 Å². The van der Waals surface area contributed by atoms with Crippen molar-refractivity contribution in [3.8, 4) is 11.5 Å². The number of benzene rings is 1. The molecule has 126 valence electrons. The minimum atomic E-state index is -0.467. The SMILES string of the molecule is C[C@H](OC(=O)c1nc(-c2ccccc2)oc1C1CC1)c1ccccn1. The van der Waals surface area contributed by atoms with E-state index in [0.717, 1.165) is 18.4 Å². The number of carbonyl (C=O) groups excluding carboxylic acids is 1. The lowest BCUT2D eigenvalue weighted by Gasteiger charge is -2.11. The standard InChI is InChI=1S/C20H18N2O3/c1-13(16-9-5-6-12-21-16)24-20(23)17-18(14-10-11-14)25-19(22-17)15-7-3-2-4-8-15/h2-9,12-14H,10-11H2,1H3/t13-/m0/s1. The van der Waals surface area contributed by atoms with E-state index in [2.05, 4.69) is 9.97 Å². The highest BCUT2D eigenvalue weighted by Crippen LogP contribution is 2.43. The summed E-state index contributed by atoms with van der Waals surface area (Å²) in [5.74, 6) is 0.890. The molecule has 1 aliphatic rings. The first-order valence-electron chi connectivity index (χ1n) is 8.40. The molecule has 0 spiro atoms. The van der Waals surface area contributed by atoms with Crippen LogP contribution in [0.3, 0.4) is 0 Å². The number of carbonyl (C=O) groups is 1. The molecule has 5 nitrogen and oxygen atoms in total. The van der Waals surface area contributed by atoms with Gasteiger partial charge in [-0.05, 0) is 44.0 Å². The Kier molecular flexibility index (Phi) is 4.06. The average Bonchev–Trinajstić information content (AvgIpc) is 3.41. The summed E-state index contributed by atoms with van der Waals surface area (Å²) < 4.78 is 11.5. The second-order valence-electron chi connectivity index (χ2n) is 6.17. The van der Waals surface area contributed by atoms with E-state index in [-0.39, 0.29) is 11.6 Å². The summed E-state index contributed by atoms with van der Waals surface area (Å²) in [5, 5.41) is 0. The Labute approximate surface area is 145 Å². The fourth-order valence-corrected chi connectivity index (χ4v) is 2.70. The molecule has 25 heavy (non-hydrogen) atoms. The molecule has 5 heteroatoms. The zero-order chi connectivity index (χ0) is 17.2. The van der Waals surface area contributed by atoms with Crippen molar-refractivity contribution in [2.24, 2.45) is 0 Å². The van der Waals surface area contributed by atoms with Crippen LogP contribution in [0.4, 0.5) is 0 Å². The zero-order valence-corrected chi connectivity index (χ0v) is 13.9. The van der Waals surface area contributed by atoms with Gasteiger partial charge in [0.2, 0.25) is 5.89 Å². The second-order valence-corrected chi connectivity index (χ2v) is 6.17. The zero-order valence-electron chi connectivity index (χ0n) is 13.9. The minimum absolute atomic E-state index is 0.262. The highest BCUT2D eigenvalue weighted by molar-refractivity contribution is 5.89. The maximum absolute atomic E-state index is 12.7. The molecular formula is C20H18N2O3. The van der Waals surface area contributed by atoms with Crippen molar-refractivity contribution in [3.05, 3.63) is 71.9 Å². The van der Waals surface area contributed by atoms with Gasteiger partial charge >= 0.3 is 5.97 Å². The maximum atomic E-state index is 12.7. The van der Waals surface area contributed by atoms with Gasteiger partial charge in [-0.3, -0.25) is 4.98 Å². The number of aromatic nitrogens is 2. The summed E-state index contributed by atoms with van der Waals surface area (Å²) in [5.41, 5.74) is 1.83. The Morgan fingerprint density at radius 2 is 1.92 bits per heavy atom. The van der Waals surface area contributed by atoms with Crippen molar-refractivity contribution in [2.75, 3.05) is 0 Å². The predicted molar refractivity (Wildman–Crippen MR) is 92.0 cm³/mol. The van der Waals surface area contributed by atoms with Crippen LogP contribution in [0.15, 0.2) is 59.1 Å². The lowest BCUT2D eigenvalue weighted by molar-refractivity contribution is 0.0320. The Hall–Kier alpha value is -2.95. The van der Waals surface area contributed by atoms with Crippen LogP contribution in [0.5, 0.6) is 0 Å². The van der Waals surface area contributed by atoms with Crippen LogP contribution in [-0.4, -0.2) is 15.9 Å². The molecule has 2 heterocycles. The number of hydrogen-bond acceptors (Lipinski definition) is 5. The fourth-order valence-electron chi connectivity index (χ4n) is 2.70. The van der Waals surface area contributed by atoms with Crippen molar-refractivity contribution in [1.82, 2.24) is 9.97 Å². The maximum Gasteiger partial charge on any atom is 0.361 e. The number of pyridine rings is 1. The summed E-state index contributed by atoms with van der Waals surface area (Å²) in [7, 11) is 0. The smallest absolute Gasteiger partial charge is 0.361 e. The van der Waals surface area contributed by atoms with Gasteiger partial charge in [-0.15, -0.1) is 0 Å². The van der Waals surface area contributed by atoms with E-state index in [1.807, 2.05) is 48.5 Å².